The van der Waals surface area contributed by atoms with E-state index < -0.39 is 0 Å². The van der Waals surface area contributed by atoms with Crippen LogP contribution in [0, 0.1) is 5.92 Å². The van der Waals surface area contributed by atoms with Crippen molar-refractivity contribution in [3.05, 3.63) is 0 Å². The maximum Gasteiger partial charge on any atom is 0.0726 e. The van der Waals surface area contributed by atoms with Crippen molar-refractivity contribution in [2.24, 2.45) is 5.92 Å². The Morgan fingerprint density at radius 1 is 1.20 bits per heavy atom. The first-order valence-corrected chi connectivity index (χ1v) is 8.76. The van der Waals surface area contributed by atoms with Crippen molar-refractivity contribution >= 4 is 0 Å². The number of ether oxygens (including phenoxy) is 1. The van der Waals surface area contributed by atoms with Crippen molar-refractivity contribution in [3.8, 4) is 0 Å². The summed E-state index contributed by atoms with van der Waals surface area (Å²) in [5.74, 6) is 0.998. The molecule has 0 bridgehead atoms. The second-order valence-corrected chi connectivity index (χ2v) is 6.86. The molecule has 1 heterocycles. The molecule has 0 aromatic rings. The minimum absolute atomic E-state index is 0.445. The van der Waals surface area contributed by atoms with Crippen molar-refractivity contribution in [2.75, 3.05) is 26.7 Å². The molecule has 2 unspecified atom stereocenters. The predicted octanol–water partition coefficient (Wildman–Crippen LogP) is 3.04. The van der Waals surface area contributed by atoms with Gasteiger partial charge in [-0.2, -0.15) is 0 Å². The van der Waals surface area contributed by atoms with E-state index in [4.69, 9.17) is 4.74 Å². The minimum Gasteiger partial charge on any atom is -0.377 e. The molecule has 0 amide bonds. The highest BCUT2D eigenvalue weighted by Crippen LogP contribution is 2.28. The summed E-state index contributed by atoms with van der Waals surface area (Å²) in [4.78, 5) is 2.57. The largest absolute Gasteiger partial charge is 0.377 e. The molecule has 0 spiro atoms. The Morgan fingerprint density at radius 2 is 1.95 bits per heavy atom. The Hall–Kier alpha value is -0.120. The number of nitrogens with one attached hydrogen (secondary N) is 1. The van der Waals surface area contributed by atoms with Crippen molar-refractivity contribution in [3.63, 3.8) is 0 Å². The van der Waals surface area contributed by atoms with Gasteiger partial charge >= 0.3 is 0 Å². The highest BCUT2D eigenvalue weighted by molar-refractivity contribution is 4.80. The van der Waals surface area contributed by atoms with Crippen LogP contribution in [0.1, 0.15) is 58.8 Å². The topological polar surface area (TPSA) is 24.5 Å². The molecule has 0 radical (unpaired) electrons. The first-order chi connectivity index (χ1) is 9.70. The zero-order chi connectivity index (χ0) is 14.4. The highest BCUT2D eigenvalue weighted by atomic mass is 16.5. The van der Waals surface area contributed by atoms with Gasteiger partial charge < -0.3 is 15.0 Å². The number of rotatable bonds is 7. The third kappa shape index (κ3) is 4.71. The predicted molar refractivity (Wildman–Crippen MR) is 85.1 cm³/mol. The van der Waals surface area contributed by atoms with Gasteiger partial charge in [0.25, 0.3) is 0 Å². The summed E-state index contributed by atoms with van der Waals surface area (Å²) in [6, 6.07) is 1.32. The van der Waals surface area contributed by atoms with Crippen LogP contribution in [-0.4, -0.2) is 49.8 Å². The van der Waals surface area contributed by atoms with E-state index >= 15 is 0 Å². The van der Waals surface area contributed by atoms with E-state index in [0.717, 1.165) is 25.1 Å². The van der Waals surface area contributed by atoms with Gasteiger partial charge in [0.2, 0.25) is 0 Å². The molecule has 1 aliphatic heterocycles. The van der Waals surface area contributed by atoms with E-state index in [0.29, 0.717) is 12.1 Å². The summed E-state index contributed by atoms with van der Waals surface area (Å²) >= 11 is 0. The standard InChI is InChI=1S/C17H34N2O/c1-4-15-7-9-16(10-8-15)19(3)12-11-18-14(2)17-6-5-13-20-17/h14-18H,4-13H2,1-3H3. The fourth-order valence-electron chi connectivity index (χ4n) is 3.77. The molecule has 2 atom stereocenters. The average molecular weight is 282 g/mol. The van der Waals surface area contributed by atoms with Gasteiger partial charge in [-0.05, 0) is 58.4 Å². The van der Waals surface area contributed by atoms with Gasteiger partial charge in [0.15, 0.2) is 0 Å². The minimum atomic E-state index is 0.445. The third-order valence-corrected chi connectivity index (χ3v) is 5.47. The third-order valence-electron chi connectivity index (χ3n) is 5.47. The Bertz CT molecular complexity index is 258. The average Bonchev–Trinajstić information content (AvgIpc) is 3.01. The summed E-state index contributed by atoms with van der Waals surface area (Å²) in [5.41, 5.74) is 0. The molecule has 20 heavy (non-hydrogen) atoms. The lowest BCUT2D eigenvalue weighted by Gasteiger charge is -2.34. The molecular weight excluding hydrogens is 248 g/mol. The first kappa shape index (κ1) is 16.3. The molecule has 118 valence electrons. The van der Waals surface area contributed by atoms with Gasteiger partial charge in [-0.25, -0.2) is 0 Å². The summed E-state index contributed by atoms with van der Waals surface area (Å²) in [5, 5.41) is 3.65. The first-order valence-electron chi connectivity index (χ1n) is 8.76. The molecule has 2 rings (SSSR count). The Labute approximate surface area is 125 Å². The zero-order valence-electron chi connectivity index (χ0n) is 13.7. The van der Waals surface area contributed by atoms with Crippen LogP contribution in [0.5, 0.6) is 0 Å². The lowest BCUT2D eigenvalue weighted by Crippen LogP contribution is -2.43. The van der Waals surface area contributed by atoms with Crippen LogP contribution in [-0.2, 0) is 4.74 Å². The van der Waals surface area contributed by atoms with Gasteiger partial charge in [-0.1, -0.05) is 13.3 Å². The van der Waals surface area contributed by atoms with Gasteiger partial charge in [0.1, 0.15) is 0 Å². The van der Waals surface area contributed by atoms with E-state index in [-0.39, 0.29) is 0 Å². The summed E-state index contributed by atoms with van der Waals surface area (Å²) < 4.78 is 5.74. The molecule has 1 aliphatic carbocycles. The Morgan fingerprint density at radius 3 is 2.55 bits per heavy atom. The van der Waals surface area contributed by atoms with Crippen LogP contribution < -0.4 is 5.32 Å². The molecule has 2 fully saturated rings. The van der Waals surface area contributed by atoms with Crippen molar-refractivity contribution in [2.45, 2.75) is 77.0 Å². The van der Waals surface area contributed by atoms with Crippen molar-refractivity contribution in [1.82, 2.24) is 10.2 Å². The van der Waals surface area contributed by atoms with Gasteiger partial charge in [-0.15, -0.1) is 0 Å². The molecule has 3 nitrogen and oxygen atoms in total. The van der Waals surface area contributed by atoms with E-state index in [9.17, 15) is 0 Å². The normalized spacial score (nSPS) is 32.7. The maximum absolute atomic E-state index is 5.74. The van der Waals surface area contributed by atoms with Crippen molar-refractivity contribution in [1.29, 1.82) is 0 Å². The Kier molecular flexibility index (Phi) is 6.79. The summed E-state index contributed by atoms with van der Waals surface area (Å²) in [6.45, 7) is 7.81. The number of hydrogen-bond acceptors (Lipinski definition) is 3. The van der Waals surface area contributed by atoms with Crippen LogP contribution in [0.2, 0.25) is 0 Å². The Balaban J connectivity index is 1.59. The number of nitrogens with zero attached hydrogens (tertiary/aromatic N) is 1. The second kappa shape index (κ2) is 8.35. The fraction of sp³-hybridized carbons (Fsp3) is 1.00. The van der Waals surface area contributed by atoms with E-state index in [1.807, 2.05) is 0 Å². The lowest BCUT2D eigenvalue weighted by atomic mass is 9.84. The van der Waals surface area contributed by atoms with Gasteiger partial charge in [0, 0.05) is 31.8 Å². The van der Waals surface area contributed by atoms with Gasteiger partial charge in [-0.3, -0.25) is 0 Å². The van der Waals surface area contributed by atoms with Crippen LogP contribution in [0.25, 0.3) is 0 Å². The van der Waals surface area contributed by atoms with E-state index in [2.05, 4.69) is 31.1 Å². The van der Waals surface area contributed by atoms with Crippen LogP contribution in [0.3, 0.4) is 0 Å². The molecule has 0 aromatic carbocycles. The zero-order valence-corrected chi connectivity index (χ0v) is 13.7. The molecule has 2 aliphatic rings. The molecule has 1 saturated carbocycles. The number of likely N-dealkylation sites (N-methyl/N-ethyl adjacent to an activating group) is 1. The van der Waals surface area contributed by atoms with Crippen LogP contribution >= 0.6 is 0 Å². The lowest BCUT2D eigenvalue weighted by molar-refractivity contribution is 0.0815. The van der Waals surface area contributed by atoms with E-state index in [1.54, 1.807) is 0 Å². The molecule has 0 aromatic heterocycles. The highest BCUT2D eigenvalue weighted by Gasteiger charge is 2.24. The number of hydrogen-bond donors (Lipinski definition) is 1. The molecule has 3 heteroatoms. The van der Waals surface area contributed by atoms with Crippen LogP contribution in [0.4, 0.5) is 0 Å². The smallest absolute Gasteiger partial charge is 0.0726 e. The monoisotopic (exact) mass is 282 g/mol. The molecule has 1 saturated heterocycles. The van der Waals surface area contributed by atoms with Crippen LogP contribution in [0.15, 0.2) is 0 Å². The molecular formula is C17H34N2O. The second-order valence-electron chi connectivity index (χ2n) is 6.86. The van der Waals surface area contributed by atoms with Crippen molar-refractivity contribution < 1.29 is 4.74 Å². The quantitative estimate of drug-likeness (QED) is 0.777. The van der Waals surface area contributed by atoms with E-state index in [1.165, 1.54) is 51.5 Å². The molecule has 1 N–H and O–H groups in total. The maximum atomic E-state index is 5.74. The SMILES string of the molecule is CCC1CCC(N(C)CCNC(C)C2CCCO2)CC1. The fourth-order valence-corrected chi connectivity index (χ4v) is 3.77. The summed E-state index contributed by atoms with van der Waals surface area (Å²) in [7, 11) is 2.30. The van der Waals surface area contributed by atoms with Gasteiger partial charge in [0.05, 0.1) is 6.10 Å². The summed E-state index contributed by atoms with van der Waals surface area (Å²) in [6.07, 6.45) is 9.95.